The fourth-order valence-electron chi connectivity index (χ4n) is 2.93. The summed E-state index contributed by atoms with van der Waals surface area (Å²) in [5.74, 6) is 0.853. The van der Waals surface area contributed by atoms with Gasteiger partial charge in [-0.1, -0.05) is 0 Å². The Bertz CT molecular complexity index is 748. The number of nitrogens with zero attached hydrogens (tertiary/aromatic N) is 5. The van der Waals surface area contributed by atoms with E-state index in [2.05, 4.69) is 26.7 Å². The summed E-state index contributed by atoms with van der Waals surface area (Å²) in [4.78, 5) is 0. The van der Waals surface area contributed by atoms with Crippen molar-refractivity contribution in [1.29, 1.82) is 5.26 Å². The van der Waals surface area contributed by atoms with Gasteiger partial charge in [-0.2, -0.15) is 15.5 Å². The van der Waals surface area contributed by atoms with Gasteiger partial charge in [-0.25, -0.2) is 0 Å². The molecule has 7 heteroatoms. The number of aryl methyl sites for hydroxylation is 2. The van der Waals surface area contributed by atoms with E-state index in [1.165, 1.54) is 0 Å². The zero-order valence-corrected chi connectivity index (χ0v) is 13.6. The van der Waals surface area contributed by atoms with Gasteiger partial charge in [0.05, 0.1) is 11.4 Å². The first kappa shape index (κ1) is 15.4. The third-order valence-corrected chi connectivity index (χ3v) is 4.46. The molecule has 0 saturated carbocycles. The predicted molar refractivity (Wildman–Crippen MR) is 84.7 cm³/mol. The van der Waals surface area contributed by atoms with Crippen LogP contribution in [0.5, 0.6) is 0 Å². The first-order chi connectivity index (χ1) is 11.1. The Kier molecular flexibility index (Phi) is 4.26. The third kappa shape index (κ3) is 2.90. The molecule has 3 rings (SSSR count). The fraction of sp³-hybridized carbons (Fsp3) is 0.500. The Morgan fingerprint density at radius 3 is 2.96 bits per heavy atom. The maximum absolute atomic E-state index is 9.36. The smallest absolute Gasteiger partial charge is 0.166 e. The first-order valence-electron chi connectivity index (χ1n) is 7.69. The summed E-state index contributed by atoms with van der Waals surface area (Å²) >= 11 is 0. The molecule has 2 atom stereocenters. The molecule has 0 amide bonds. The van der Waals surface area contributed by atoms with Crippen LogP contribution in [0.15, 0.2) is 12.3 Å². The molecule has 1 N–H and O–H groups in total. The van der Waals surface area contributed by atoms with Crippen LogP contribution in [0.4, 0.5) is 5.82 Å². The SMILES string of the molecule is Cc1nnc(NC[C@@H]2CCO[C@H]2c2ccnn2C)c(C#N)c1C. The van der Waals surface area contributed by atoms with Crippen molar-refractivity contribution < 1.29 is 4.74 Å². The summed E-state index contributed by atoms with van der Waals surface area (Å²) in [5.41, 5.74) is 3.29. The van der Waals surface area contributed by atoms with Gasteiger partial charge in [-0.15, -0.1) is 5.10 Å². The van der Waals surface area contributed by atoms with Crippen molar-refractivity contribution in [3.8, 4) is 6.07 Å². The van der Waals surface area contributed by atoms with E-state index in [0.29, 0.717) is 23.8 Å². The van der Waals surface area contributed by atoms with E-state index in [1.54, 1.807) is 6.20 Å². The monoisotopic (exact) mass is 312 g/mol. The number of hydrogen-bond acceptors (Lipinski definition) is 6. The molecular weight excluding hydrogens is 292 g/mol. The Hall–Kier alpha value is -2.46. The average molecular weight is 312 g/mol. The minimum Gasteiger partial charge on any atom is -0.372 e. The summed E-state index contributed by atoms with van der Waals surface area (Å²) in [7, 11) is 1.92. The summed E-state index contributed by atoms with van der Waals surface area (Å²) in [6, 6.07) is 4.20. The van der Waals surface area contributed by atoms with Gasteiger partial charge in [0.2, 0.25) is 0 Å². The molecule has 0 aromatic carbocycles. The molecule has 23 heavy (non-hydrogen) atoms. The number of rotatable bonds is 4. The van der Waals surface area contributed by atoms with Crippen LogP contribution in [0.3, 0.4) is 0 Å². The predicted octanol–water partition coefficient (Wildman–Crippen LogP) is 1.89. The minimum absolute atomic E-state index is 0.0139. The van der Waals surface area contributed by atoms with E-state index in [1.807, 2.05) is 31.6 Å². The highest BCUT2D eigenvalue weighted by molar-refractivity contribution is 5.55. The van der Waals surface area contributed by atoms with Crippen molar-refractivity contribution >= 4 is 5.82 Å². The molecule has 7 nitrogen and oxygen atoms in total. The molecule has 0 aliphatic carbocycles. The van der Waals surface area contributed by atoms with E-state index in [-0.39, 0.29) is 6.10 Å². The van der Waals surface area contributed by atoms with Crippen molar-refractivity contribution in [2.75, 3.05) is 18.5 Å². The lowest BCUT2D eigenvalue weighted by Crippen LogP contribution is -2.21. The highest BCUT2D eigenvalue weighted by Gasteiger charge is 2.31. The van der Waals surface area contributed by atoms with Gasteiger partial charge in [0.15, 0.2) is 5.82 Å². The number of aromatic nitrogens is 4. The largest absolute Gasteiger partial charge is 0.372 e. The van der Waals surface area contributed by atoms with Crippen LogP contribution in [0.1, 0.15) is 35.0 Å². The lowest BCUT2D eigenvalue weighted by atomic mass is 9.98. The molecule has 2 aromatic rings. The zero-order chi connectivity index (χ0) is 16.4. The molecule has 0 bridgehead atoms. The van der Waals surface area contributed by atoms with Crippen molar-refractivity contribution in [2.45, 2.75) is 26.4 Å². The summed E-state index contributed by atoms with van der Waals surface area (Å²) in [6.45, 7) is 5.16. The summed E-state index contributed by atoms with van der Waals surface area (Å²) in [5, 5.41) is 25.1. The van der Waals surface area contributed by atoms with Crippen LogP contribution < -0.4 is 5.32 Å². The van der Waals surface area contributed by atoms with E-state index in [4.69, 9.17) is 4.74 Å². The zero-order valence-electron chi connectivity index (χ0n) is 13.6. The molecule has 1 aliphatic rings. The number of ether oxygens (including phenoxy) is 1. The van der Waals surface area contributed by atoms with E-state index in [0.717, 1.165) is 30.0 Å². The van der Waals surface area contributed by atoms with Gasteiger partial charge in [-0.3, -0.25) is 4.68 Å². The highest BCUT2D eigenvalue weighted by atomic mass is 16.5. The Labute approximate surface area is 135 Å². The third-order valence-electron chi connectivity index (χ3n) is 4.46. The number of nitrogens with one attached hydrogen (secondary N) is 1. The van der Waals surface area contributed by atoms with Gasteiger partial charge in [-0.05, 0) is 31.9 Å². The molecule has 1 aliphatic heterocycles. The highest BCUT2D eigenvalue weighted by Crippen LogP contribution is 2.34. The molecule has 0 spiro atoms. The molecule has 1 saturated heterocycles. The minimum atomic E-state index is 0.0139. The molecule has 120 valence electrons. The molecule has 0 unspecified atom stereocenters. The van der Waals surface area contributed by atoms with Gasteiger partial charge < -0.3 is 10.1 Å². The fourth-order valence-corrected chi connectivity index (χ4v) is 2.93. The summed E-state index contributed by atoms with van der Waals surface area (Å²) < 4.78 is 7.72. The second-order valence-electron chi connectivity index (χ2n) is 5.85. The van der Waals surface area contributed by atoms with Crippen LogP contribution in [0.25, 0.3) is 0 Å². The topological polar surface area (TPSA) is 88.7 Å². The number of hydrogen-bond donors (Lipinski definition) is 1. The molecular formula is C16H20N6O. The van der Waals surface area contributed by atoms with Crippen LogP contribution in [0.2, 0.25) is 0 Å². The normalized spacial score (nSPS) is 20.4. The Balaban J connectivity index is 1.75. The van der Waals surface area contributed by atoms with Crippen LogP contribution in [-0.4, -0.2) is 33.1 Å². The lowest BCUT2D eigenvalue weighted by molar-refractivity contribution is 0.0866. The molecule has 1 fully saturated rings. The summed E-state index contributed by atoms with van der Waals surface area (Å²) in [6.07, 6.45) is 2.76. The van der Waals surface area contributed by atoms with Crippen LogP contribution in [0, 0.1) is 31.1 Å². The first-order valence-corrected chi connectivity index (χ1v) is 7.69. The standard InChI is InChI=1S/C16H20N6O/c1-10-11(2)20-21-16(13(10)8-17)18-9-12-5-7-23-15(12)14-4-6-19-22(14)3/h4,6,12,15H,5,7,9H2,1-3H3,(H,18,21)/t12-,15+/m0/s1. The van der Waals surface area contributed by atoms with Crippen molar-refractivity contribution in [3.63, 3.8) is 0 Å². The quantitative estimate of drug-likeness (QED) is 0.927. The number of nitriles is 1. The second kappa shape index (κ2) is 6.34. The van der Waals surface area contributed by atoms with Crippen LogP contribution in [-0.2, 0) is 11.8 Å². The van der Waals surface area contributed by atoms with Gasteiger partial charge in [0.25, 0.3) is 0 Å². The van der Waals surface area contributed by atoms with Crippen molar-refractivity contribution in [1.82, 2.24) is 20.0 Å². The molecule has 3 heterocycles. The van der Waals surface area contributed by atoms with Crippen molar-refractivity contribution in [2.24, 2.45) is 13.0 Å². The average Bonchev–Trinajstić information content (AvgIpc) is 3.16. The second-order valence-corrected chi connectivity index (χ2v) is 5.85. The van der Waals surface area contributed by atoms with Gasteiger partial charge in [0.1, 0.15) is 17.7 Å². The van der Waals surface area contributed by atoms with E-state index >= 15 is 0 Å². The van der Waals surface area contributed by atoms with E-state index in [9.17, 15) is 5.26 Å². The maximum Gasteiger partial charge on any atom is 0.166 e. The van der Waals surface area contributed by atoms with Crippen molar-refractivity contribution in [3.05, 3.63) is 34.8 Å². The Morgan fingerprint density at radius 1 is 1.43 bits per heavy atom. The van der Waals surface area contributed by atoms with E-state index < -0.39 is 0 Å². The number of anilines is 1. The maximum atomic E-state index is 9.36. The molecule has 0 radical (unpaired) electrons. The Morgan fingerprint density at radius 2 is 2.26 bits per heavy atom. The lowest BCUT2D eigenvalue weighted by Gasteiger charge is -2.20. The van der Waals surface area contributed by atoms with Crippen LogP contribution >= 0.6 is 0 Å². The molecule has 2 aromatic heterocycles. The van der Waals surface area contributed by atoms with Gasteiger partial charge in [0, 0.05) is 32.3 Å². The van der Waals surface area contributed by atoms with Gasteiger partial charge >= 0.3 is 0 Å².